The Morgan fingerprint density at radius 2 is 1.56 bits per heavy atom. The van der Waals surface area contributed by atoms with Gasteiger partial charge in [0.2, 0.25) is 5.89 Å². The zero-order valence-corrected chi connectivity index (χ0v) is 27.6. The summed E-state index contributed by atoms with van der Waals surface area (Å²) >= 11 is 1.60. The Morgan fingerprint density at radius 1 is 0.833 bits per heavy atom. The summed E-state index contributed by atoms with van der Waals surface area (Å²) in [7, 11) is 0. The fourth-order valence-corrected chi connectivity index (χ4v) is 6.69. The van der Waals surface area contributed by atoms with Crippen molar-refractivity contribution in [3.8, 4) is 22.9 Å². The first-order valence-corrected chi connectivity index (χ1v) is 16.7. The van der Waals surface area contributed by atoms with Gasteiger partial charge in [-0.2, -0.15) is 0 Å². The molecular weight excluding hydrogens is 617 g/mol. The molecule has 3 aromatic heterocycles. The van der Waals surface area contributed by atoms with Gasteiger partial charge in [-0.25, -0.2) is 4.98 Å². The Labute approximate surface area is 283 Å². The van der Waals surface area contributed by atoms with Gasteiger partial charge in [0, 0.05) is 47.3 Å². The highest BCUT2D eigenvalue weighted by Gasteiger charge is 2.23. The van der Waals surface area contributed by atoms with Crippen molar-refractivity contribution in [2.24, 2.45) is 0 Å². The topological polar surface area (TPSA) is 83.0 Å². The van der Waals surface area contributed by atoms with Crippen LogP contribution in [0.5, 0.6) is 5.75 Å². The molecule has 0 aliphatic heterocycles. The Kier molecular flexibility index (Phi) is 9.07. The molecule has 0 saturated carbocycles. The second-order valence-corrected chi connectivity index (χ2v) is 12.8. The summed E-state index contributed by atoms with van der Waals surface area (Å²) in [6.07, 6.45) is 3.33. The zero-order valence-electron chi connectivity index (χ0n) is 26.7. The van der Waals surface area contributed by atoms with Crippen molar-refractivity contribution < 1.29 is 13.9 Å². The van der Waals surface area contributed by atoms with Crippen LogP contribution in [0.15, 0.2) is 132 Å². The summed E-state index contributed by atoms with van der Waals surface area (Å²) in [5, 5.41) is 10.6. The molecule has 3 heterocycles. The monoisotopic (exact) mass is 650 g/mol. The summed E-state index contributed by atoms with van der Waals surface area (Å²) in [4.78, 5) is 18.4. The van der Waals surface area contributed by atoms with Crippen molar-refractivity contribution in [2.75, 3.05) is 6.61 Å². The van der Waals surface area contributed by atoms with E-state index in [-0.39, 0.29) is 11.7 Å². The Balaban J connectivity index is 1.13. The second-order valence-electron chi connectivity index (χ2n) is 11.5. The number of hydrogen-bond acceptors (Lipinski definition) is 7. The standard InChI is InChI=1S/C40H34N4O3S/c1-27-35(41-40(47-27)31-14-7-4-8-15-31)23-25-46-32-21-19-29(20-22-32)34(26-38-43-42-28(2)48-38)37-18-11-24-44(37)36-17-10-9-16-33(36)39(45)30-12-5-3-6-13-30/h3-22,24,34H,23,25-26H2,1-2H3. The van der Waals surface area contributed by atoms with Gasteiger partial charge in [-0.05, 0) is 67.9 Å². The van der Waals surface area contributed by atoms with E-state index in [4.69, 9.17) is 14.1 Å². The molecule has 0 aliphatic carbocycles. The quantitative estimate of drug-likeness (QED) is 0.123. The van der Waals surface area contributed by atoms with Crippen molar-refractivity contribution in [1.82, 2.24) is 19.7 Å². The van der Waals surface area contributed by atoms with Crippen molar-refractivity contribution in [3.63, 3.8) is 0 Å². The third kappa shape index (κ3) is 6.75. The molecule has 0 radical (unpaired) electrons. The van der Waals surface area contributed by atoms with Crippen LogP contribution in [-0.2, 0) is 12.8 Å². The Morgan fingerprint density at radius 3 is 2.31 bits per heavy atom. The van der Waals surface area contributed by atoms with Crippen LogP contribution in [0.2, 0.25) is 0 Å². The van der Waals surface area contributed by atoms with Crippen LogP contribution >= 0.6 is 11.3 Å². The molecular formula is C40H34N4O3S. The third-order valence-electron chi connectivity index (χ3n) is 8.33. The molecule has 0 N–H and O–H groups in total. The molecule has 7 rings (SSSR count). The second kappa shape index (κ2) is 14.0. The van der Waals surface area contributed by atoms with Gasteiger partial charge in [0.15, 0.2) is 5.78 Å². The average molecular weight is 651 g/mol. The van der Waals surface area contributed by atoms with E-state index in [1.807, 2.05) is 123 Å². The van der Waals surface area contributed by atoms with Crippen LogP contribution in [0.4, 0.5) is 0 Å². The van der Waals surface area contributed by atoms with Gasteiger partial charge < -0.3 is 13.7 Å². The molecule has 48 heavy (non-hydrogen) atoms. The molecule has 238 valence electrons. The highest BCUT2D eigenvalue weighted by molar-refractivity contribution is 7.11. The van der Waals surface area contributed by atoms with E-state index in [9.17, 15) is 4.79 Å². The molecule has 4 aromatic carbocycles. The number of para-hydroxylation sites is 1. The van der Waals surface area contributed by atoms with E-state index in [1.54, 1.807) is 11.3 Å². The largest absolute Gasteiger partial charge is 0.493 e. The summed E-state index contributed by atoms with van der Waals surface area (Å²) in [6.45, 7) is 4.39. The minimum Gasteiger partial charge on any atom is -0.493 e. The highest BCUT2D eigenvalue weighted by atomic mass is 32.1. The highest BCUT2D eigenvalue weighted by Crippen LogP contribution is 2.34. The maximum Gasteiger partial charge on any atom is 0.226 e. The summed E-state index contributed by atoms with van der Waals surface area (Å²) in [5.74, 6) is 2.15. The number of hydrogen-bond donors (Lipinski definition) is 0. The van der Waals surface area contributed by atoms with Crippen LogP contribution in [0.3, 0.4) is 0 Å². The van der Waals surface area contributed by atoms with Gasteiger partial charge in [-0.3, -0.25) is 4.79 Å². The predicted octanol–water partition coefficient (Wildman–Crippen LogP) is 8.83. The van der Waals surface area contributed by atoms with E-state index < -0.39 is 0 Å². The van der Waals surface area contributed by atoms with E-state index in [1.165, 1.54) is 0 Å². The van der Waals surface area contributed by atoms with Crippen molar-refractivity contribution >= 4 is 17.1 Å². The molecule has 0 amide bonds. The van der Waals surface area contributed by atoms with Crippen LogP contribution in [-0.4, -0.2) is 32.1 Å². The first kappa shape index (κ1) is 31.0. The van der Waals surface area contributed by atoms with E-state index in [0.717, 1.165) is 49.7 Å². The maximum absolute atomic E-state index is 13.7. The van der Waals surface area contributed by atoms with Crippen molar-refractivity contribution in [3.05, 3.63) is 171 Å². The van der Waals surface area contributed by atoms with Crippen molar-refractivity contribution in [2.45, 2.75) is 32.6 Å². The molecule has 0 spiro atoms. The van der Waals surface area contributed by atoms with Crippen molar-refractivity contribution in [1.29, 1.82) is 0 Å². The van der Waals surface area contributed by atoms with Crippen LogP contribution in [0, 0.1) is 13.8 Å². The minimum atomic E-state index is -0.0459. The Hall–Kier alpha value is -5.60. The molecule has 0 aliphatic rings. The Bertz CT molecular complexity index is 2130. The fourth-order valence-electron chi connectivity index (χ4n) is 5.93. The smallest absolute Gasteiger partial charge is 0.226 e. The minimum absolute atomic E-state index is 0.0132. The number of carbonyl (C=O) groups excluding carboxylic acids is 1. The van der Waals surface area contributed by atoms with E-state index in [2.05, 4.69) is 33.0 Å². The molecule has 7 nitrogen and oxygen atoms in total. The van der Waals surface area contributed by atoms with E-state index in [0.29, 0.717) is 36.5 Å². The first-order chi connectivity index (χ1) is 23.5. The summed E-state index contributed by atoms with van der Waals surface area (Å²) in [6, 6.07) is 39.5. The van der Waals surface area contributed by atoms with Gasteiger partial charge in [0.1, 0.15) is 21.5 Å². The lowest BCUT2D eigenvalue weighted by Gasteiger charge is -2.21. The van der Waals surface area contributed by atoms with Crippen LogP contribution in [0.25, 0.3) is 17.1 Å². The summed E-state index contributed by atoms with van der Waals surface area (Å²) < 4.78 is 14.2. The molecule has 8 heteroatoms. The van der Waals surface area contributed by atoms with Gasteiger partial charge in [0.05, 0.1) is 18.0 Å². The molecule has 7 aromatic rings. The lowest BCUT2D eigenvalue weighted by atomic mass is 9.92. The number of benzene rings is 4. The number of ketones is 1. The third-order valence-corrected chi connectivity index (χ3v) is 9.19. The maximum atomic E-state index is 13.7. The number of nitrogens with zero attached hydrogens (tertiary/aromatic N) is 4. The number of rotatable bonds is 12. The molecule has 0 saturated heterocycles. The zero-order chi connectivity index (χ0) is 32.9. The predicted molar refractivity (Wildman–Crippen MR) is 188 cm³/mol. The lowest BCUT2D eigenvalue weighted by Crippen LogP contribution is -2.13. The number of aryl methyl sites for hydroxylation is 2. The SMILES string of the molecule is Cc1nnc(CC(c2ccc(OCCc3nc(-c4ccccc4)oc3C)cc2)c2cccn2-c2ccccc2C(=O)c2ccccc2)s1. The normalized spacial score (nSPS) is 11.8. The fraction of sp³-hybridized carbons (Fsp3) is 0.150. The van der Waals surface area contributed by atoms with Gasteiger partial charge >= 0.3 is 0 Å². The molecule has 1 atom stereocenters. The van der Waals surface area contributed by atoms with E-state index >= 15 is 0 Å². The lowest BCUT2D eigenvalue weighted by molar-refractivity contribution is 0.103. The van der Waals surface area contributed by atoms with Gasteiger partial charge in [-0.1, -0.05) is 72.8 Å². The number of carbonyl (C=O) groups is 1. The number of aromatic nitrogens is 4. The molecule has 0 bridgehead atoms. The van der Waals surface area contributed by atoms with Gasteiger partial charge in [0.25, 0.3) is 0 Å². The molecule has 1 unspecified atom stereocenters. The van der Waals surface area contributed by atoms with Crippen LogP contribution < -0.4 is 4.74 Å². The average Bonchev–Trinajstić information content (AvgIpc) is 3.88. The molecule has 0 fully saturated rings. The summed E-state index contributed by atoms with van der Waals surface area (Å²) in [5.41, 5.74) is 6.16. The van der Waals surface area contributed by atoms with Crippen LogP contribution in [0.1, 0.15) is 54.6 Å². The first-order valence-electron chi connectivity index (χ1n) is 15.9. The number of oxazole rings is 1. The number of ether oxygens (including phenoxy) is 1. The van der Waals surface area contributed by atoms with Gasteiger partial charge in [-0.15, -0.1) is 21.5 Å².